The molecule has 2 aromatic carbocycles. The Labute approximate surface area is 289 Å². The number of aromatic nitrogens is 1. The molecule has 1 aliphatic rings. The molecule has 262 valence electrons. The van der Waals surface area contributed by atoms with Gasteiger partial charge in [-0.2, -0.15) is 4.31 Å². The Hall–Kier alpha value is -3.52. The van der Waals surface area contributed by atoms with E-state index in [1.807, 2.05) is 77.3 Å². The molecule has 0 bridgehead atoms. The number of aryl methyl sites for hydroxylation is 2. The van der Waals surface area contributed by atoms with Crippen LogP contribution in [0.5, 0.6) is 5.75 Å². The molecule has 4 rings (SSSR count). The van der Waals surface area contributed by atoms with Crippen LogP contribution in [0.1, 0.15) is 49.5 Å². The SMILES string of the molecule is COc1cc(C)ccc1S(=O)(=O)N(CC(C)C)C[C@@H](O)[C@H](Cc1ccccc1)NC(=O)[C@H](C(C)C)N1CCN(Cc2csc(C)n2)C1=O. The number of aliphatic hydroxyl groups is 1. The predicted octanol–water partition coefficient (Wildman–Crippen LogP) is 4.47. The fourth-order valence-corrected chi connectivity index (χ4v) is 8.41. The Morgan fingerprint density at radius 1 is 1.08 bits per heavy atom. The molecule has 1 aromatic heterocycles. The average molecular weight is 700 g/mol. The molecule has 1 fully saturated rings. The smallest absolute Gasteiger partial charge is 0.321 e. The zero-order valence-corrected chi connectivity index (χ0v) is 30.6. The Morgan fingerprint density at radius 3 is 2.40 bits per heavy atom. The van der Waals surface area contributed by atoms with Gasteiger partial charge in [-0.05, 0) is 55.4 Å². The third kappa shape index (κ3) is 9.13. The molecule has 1 aliphatic heterocycles. The van der Waals surface area contributed by atoms with Crippen molar-refractivity contribution in [3.05, 3.63) is 75.7 Å². The summed E-state index contributed by atoms with van der Waals surface area (Å²) in [6.45, 7) is 12.5. The van der Waals surface area contributed by atoms with Crippen LogP contribution in [0.3, 0.4) is 0 Å². The molecular weight excluding hydrogens is 651 g/mol. The lowest BCUT2D eigenvalue weighted by atomic mass is 9.97. The molecule has 0 saturated carbocycles. The quantitative estimate of drug-likeness (QED) is 0.226. The topological polar surface area (TPSA) is 132 Å². The summed E-state index contributed by atoms with van der Waals surface area (Å²) in [6.07, 6.45) is -1.02. The van der Waals surface area contributed by atoms with Crippen molar-refractivity contribution in [2.75, 3.05) is 33.3 Å². The average Bonchev–Trinajstić information content (AvgIpc) is 3.60. The number of nitrogens with one attached hydrogen (secondary N) is 1. The Kier molecular flexibility index (Phi) is 12.6. The number of aliphatic hydroxyl groups excluding tert-OH is 1. The molecule has 0 aliphatic carbocycles. The van der Waals surface area contributed by atoms with Crippen LogP contribution in [-0.2, 0) is 27.8 Å². The Bertz CT molecular complexity index is 1650. The van der Waals surface area contributed by atoms with Crippen LogP contribution >= 0.6 is 11.3 Å². The van der Waals surface area contributed by atoms with E-state index in [2.05, 4.69) is 10.3 Å². The van der Waals surface area contributed by atoms with Crippen molar-refractivity contribution in [3.63, 3.8) is 0 Å². The van der Waals surface area contributed by atoms with Crippen LogP contribution in [-0.4, -0.2) is 96.0 Å². The van der Waals surface area contributed by atoms with Crippen molar-refractivity contribution in [1.82, 2.24) is 24.4 Å². The number of hydrogen-bond donors (Lipinski definition) is 2. The van der Waals surface area contributed by atoms with Gasteiger partial charge in [-0.1, -0.05) is 64.1 Å². The summed E-state index contributed by atoms with van der Waals surface area (Å²) in [7, 11) is -2.67. The second-order valence-electron chi connectivity index (χ2n) is 13.2. The summed E-state index contributed by atoms with van der Waals surface area (Å²) in [5.41, 5.74) is 2.53. The second kappa shape index (κ2) is 16.3. The van der Waals surface area contributed by atoms with Gasteiger partial charge in [0, 0.05) is 31.6 Å². The summed E-state index contributed by atoms with van der Waals surface area (Å²) in [4.78, 5) is 35.4. The molecule has 48 heavy (non-hydrogen) atoms. The zero-order chi connectivity index (χ0) is 35.2. The van der Waals surface area contributed by atoms with Crippen molar-refractivity contribution in [2.24, 2.45) is 11.8 Å². The minimum atomic E-state index is -4.09. The lowest BCUT2D eigenvalue weighted by Crippen LogP contribution is -2.57. The van der Waals surface area contributed by atoms with Crippen LogP contribution in [0.2, 0.25) is 0 Å². The maximum absolute atomic E-state index is 14.1. The Morgan fingerprint density at radius 2 is 1.79 bits per heavy atom. The Balaban J connectivity index is 1.59. The van der Waals surface area contributed by atoms with Crippen LogP contribution in [0, 0.1) is 25.7 Å². The highest BCUT2D eigenvalue weighted by Crippen LogP contribution is 2.29. The molecule has 0 spiro atoms. The third-order valence-corrected chi connectivity index (χ3v) is 11.1. The molecule has 1 saturated heterocycles. The minimum Gasteiger partial charge on any atom is -0.495 e. The van der Waals surface area contributed by atoms with Crippen molar-refractivity contribution < 1.29 is 27.9 Å². The van der Waals surface area contributed by atoms with Gasteiger partial charge in [0.25, 0.3) is 0 Å². The van der Waals surface area contributed by atoms with Crippen molar-refractivity contribution >= 4 is 33.3 Å². The lowest BCUT2D eigenvalue weighted by molar-refractivity contribution is -0.128. The van der Waals surface area contributed by atoms with Crippen molar-refractivity contribution in [2.45, 2.75) is 77.6 Å². The second-order valence-corrected chi connectivity index (χ2v) is 16.2. The van der Waals surface area contributed by atoms with Crippen LogP contribution in [0.15, 0.2) is 58.8 Å². The van der Waals surface area contributed by atoms with E-state index in [0.717, 1.165) is 21.8 Å². The number of rotatable bonds is 16. The molecular formula is C35H49N5O6S2. The predicted molar refractivity (Wildman–Crippen MR) is 187 cm³/mol. The zero-order valence-electron chi connectivity index (χ0n) is 28.9. The number of carbonyl (C=O) groups is 2. The van der Waals surface area contributed by atoms with Gasteiger partial charge in [-0.15, -0.1) is 11.3 Å². The standard InChI is InChI=1S/C35H49N5O6S2/c1-23(2)19-39(48(44,45)32-14-13-25(5)17-31(32)46-7)21-30(41)29(18-27-11-9-8-10-12-27)37-34(42)33(24(3)4)40-16-15-38(35(40)43)20-28-22-47-26(6)36-28/h8-14,17,22-24,29-30,33,41H,15-16,18-21H2,1-7H3,(H,37,42)/t29-,30+,33-/m0/s1. The molecule has 2 N–H and O–H groups in total. The van der Waals surface area contributed by atoms with Gasteiger partial charge in [-0.3, -0.25) is 4.79 Å². The van der Waals surface area contributed by atoms with Gasteiger partial charge >= 0.3 is 6.03 Å². The molecule has 3 atom stereocenters. The summed E-state index contributed by atoms with van der Waals surface area (Å²) >= 11 is 1.53. The first-order valence-corrected chi connectivity index (χ1v) is 18.7. The van der Waals surface area contributed by atoms with E-state index in [9.17, 15) is 23.1 Å². The van der Waals surface area contributed by atoms with Crippen LogP contribution in [0.4, 0.5) is 4.79 Å². The summed E-state index contributed by atoms with van der Waals surface area (Å²) in [5, 5.41) is 17.7. The molecule has 0 radical (unpaired) electrons. The molecule has 2 heterocycles. The van der Waals surface area contributed by atoms with Crippen molar-refractivity contribution in [3.8, 4) is 5.75 Å². The minimum absolute atomic E-state index is 0.0110. The largest absolute Gasteiger partial charge is 0.495 e. The van der Waals surface area contributed by atoms with Gasteiger partial charge < -0.3 is 25.0 Å². The van der Waals surface area contributed by atoms with Crippen LogP contribution < -0.4 is 10.1 Å². The molecule has 13 heteroatoms. The first kappa shape index (κ1) is 37.3. The maximum atomic E-state index is 14.1. The number of sulfonamides is 1. The monoisotopic (exact) mass is 699 g/mol. The number of carbonyl (C=O) groups excluding carboxylic acids is 2. The number of urea groups is 1. The summed E-state index contributed by atoms with van der Waals surface area (Å²) in [5.74, 6) is -0.450. The summed E-state index contributed by atoms with van der Waals surface area (Å²) < 4.78 is 34.8. The lowest BCUT2D eigenvalue weighted by Gasteiger charge is -2.34. The van der Waals surface area contributed by atoms with E-state index in [0.29, 0.717) is 19.6 Å². The molecule has 11 nitrogen and oxygen atoms in total. The van der Waals surface area contributed by atoms with E-state index >= 15 is 0 Å². The van der Waals surface area contributed by atoms with E-state index in [-0.39, 0.29) is 48.0 Å². The third-order valence-electron chi connectivity index (χ3n) is 8.37. The normalized spacial score (nSPS) is 15.8. The van der Waals surface area contributed by atoms with Gasteiger partial charge in [0.2, 0.25) is 15.9 Å². The fraction of sp³-hybridized carbons (Fsp3) is 0.514. The number of thiazole rings is 1. The molecule has 3 aromatic rings. The number of benzene rings is 2. The highest BCUT2D eigenvalue weighted by molar-refractivity contribution is 7.89. The van der Waals surface area contributed by atoms with E-state index in [1.165, 1.54) is 28.8 Å². The highest BCUT2D eigenvalue weighted by atomic mass is 32.2. The first-order valence-electron chi connectivity index (χ1n) is 16.3. The van der Waals surface area contributed by atoms with Gasteiger partial charge in [0.05, 0.1) is 36.5 Å². The number of nitrogens with zero attached hydrogens (tertiary/aromatic N) is 4. The number of ether oxygens (including phenoxy) is 1. The van der Waals surface area contributed by atoms with E-state index in [1.54, 1.807) is 21.9 Å². The highest BCUT2D eigenvalue weighted by Gasteiger charge is 2.41. The van der Waals surface area contributed by atoms with E-state index in [4.69, 9.17) is 4.74 Å². The van der Waals surface area contributed by atoms with Gasteiger partial charge in [-0.25, -0.2) is 18.2 Å². The summed E-state index contributed by atoms with van der Waals surface area (Å²) in [6, 6.07) is 12.4. The number of amides is 3. The van der Waals surface area contributed by atoms with Crippen molar-refractivity contribution in [1.29, 1.82) is 0 Å². The van der Waals surface area contributed by atoms with Gasteiger partial charge in [0.15, 0.2) is 0 Å². The number of hydrogen-bond acceptors (Lipinski definition) is 8. The van der Waals surface area contributed by atoms with Crippen LogP contribution in [0.25, 0.3) is 0 Å². The first-order chi connectivity index (χ1) is 22.7. The molecule has 3 amide bonds. The van der Waals surface area contributed by atoms with E-state index < -0.39 is 34.1 Å². The molecule has 0 unspecified atom stereocenters. The number of methoxy groups -OCH3 is 1. The van der Waals surface area contributed by atoms with Gasteiger partial charge in [0.1, 0.15) is 16.7 Å². The maximum Gasteiger partial charge on any atom is 0.321 e. The fourth-order valence-electron chi connectivity index (χ4n) is 6.05.